The molecule has 3 heteroatoms. The molecule has 3 nitrogen and oxygen atoms in total. The third-order valence-electron chi connectivity index (χ3n) is 5.44. The predicted octanol–water partition coefficient (Wildman–Crippen LogP) is 6.36. The molecule has 0 unspecified atom stereocenters. The van der Waals surface area contributed by atoms with Crippen molar-refractivity contribution in [1.29, 1.82) is 0 Å². The molecule has 0 spiro atoms. The third kappa shape index (κ3) is 4.66. The standard InChI is InChI=1S/C23H29NO2/c1-16(2)21-13-12-17(3)14-22(21)26-23(25)24-20-11-7-10-19(15-20)18-8-5-4-6-9-18/h4-11,15-17,21-22H,12-14H2,1-3H3,(H,24,25)/t17-,21+,22-/m1/s1. The van der Waals surface area contributed by atoms with Crippen LogP contribution in [0.2, 0.25) is 0 Å². The van der Waals surface area contributed by atoms with E-state index < -0.39 is 0 Å². The van der Waals surface area contributed by atoms with Gasteiger partial charge >= 0.3 is 6.09 Å². The van der Waals surface area contributed by atoms with Crippen molar-refractivity contribution in [2.45, 2.75) is 46.1 Å². The minimum Gasteiger partial charge on any atom is -0.446 e. The highest BCUT2D eigenvalue weighted by atomic mass is 16.6. The van der Waals surface area contributed by atoms with E-state index in [1.165, 1.54) is 6.42 Å². The summed E-state index contributed by atoms with van der Waals surface area (Å²) in [5, 5.41) is 2.91. The van der Waals surface area contributed by atoms with Gasteiger partial charge in [0, 0.05) is 5.69 Å². The van der Waals surface area contributed by atoms with Crippen LogP contribution in [0.4, 0.5) is 10.5 Å². The summed E-state index contributed by atoms with van der Waals surface area (Å²) in [6, 6.07) is 18.0. The summed E-state index contributed by atoms with van der Waals surface area (Å²) < 4.78 is 5.84. The lowest BCUT2D eigenvalue weighted by Gasteiger charge is -2.36. The first-order valence-electron chi connectivity index (χ1n) is 9.66. The fraction of sp³-hybridized carbons (Fsp3) is 0.435. The first kappa shape index (κ1) is 18.5. The van der Waals surface area contributed by atoms with E-state index in [-0.39, 0.29) is 12.2 Å². The molecular formula is C23H29NO2. The number of ether oxygens (including phenoxy) is 1. The average Bonchev–Trinajstić information content (AvgIpc) is 2.62. The molecule has 0 aromatic heterocycles. The van der Waals surface area contributed by atoms with Gasteiger partial charge in [-0.2, -0.15) is 0 Å². The van der Waals surface area contributed by atoms with Crippen LogP contribution in [0.3, 0.4) is 0 Å². The highest BCUT2D eigenvalue weighted by Crippen LogP contribution is 2.35. The van der Waals surface area contributed by atoms with Gasteiger partial charge in [0.1, 0.15) is 6.10 Å². The smallest absolute Gasteiger partial charge is 0.411 e. The van der Waals surface area contributed by atoms with Crippen LogP contribution in [0.25, 0.3) is 11.1 Å². The van der Waals surface area contributed by atoms with Gasteiger partial charge < -0.3 is 4.74 Å². The van der Waals surface area contributed by atoms with Crippen LogP contribution in [0.15, 0.2) is 54.6 Å². The molecule has 2 aromatic rings. The molecule has 0 radical (unpaired) electrons. The molecule has 1 amide bonds. The number of anilines is 1. The van der Waals surface area contributed by atoms with Gasteiger partial charge in [0.05, 0.1) is 0 Å². The third-order valence-corrected chi connectivity index (χ3v) is 5.44. The maximum Gasteiger partial charge on any atom is 0.411 e. The Kier molecular flexibility index (Phi) is 5.97. The van der Waals surface area contributed by atoms with Crippen LogP contribution in [-0.2, 0) is 4.74 Å². The normalized spacial score (nSPS) is 22.8. The van der Waals surface area contributed by atoms with Crippen LogP contribution < -0.4 is 5.32 Å². The SMILES string of the molecule is CC(C)[C@@H]1CC[C@@H](C)C[C@H]1OC(=O)Nc1cccc(-c2ccccc2)c1. The van der Waals surface area contributed by atoms with Gasteiger partial charge in [-0.25, -0.2) is 4.79 Å². The lowest BCUT2D eigenvalue weighted by Crippen LogP contribution is -2.36. The Morgan fingerprint density at radius 1 is 1.04 bits per heavy atom. The molecule has 1 fully saturated rings. The van der Waals surface area contributed by atoms with Gasteiger partial charge in [0.25, 0.3) is 0 Å². The van der Waals surface area contributed by atoms with E-state index >= 15 is 0 Å². The number of amides is 1. The first-order valence-corrected chi connectivity index (χ1v) is 9.66. The van der Waals surface area contributed by atoms with E-state index in [4.69, 9.17) is 4.74 Å². The minimum absolute atomic E-state index is 0.0102. The van der Waals surface area contributed by atoms with E-state index in [1.54, 1.807) is 0 Å². The monoisotopic (exact) mass is 351 g/mol. The summed E-state index contributed by atoms with van der Waals surface area (Å²) in [7, 11) is 0. The number of rotatable bonds is 4. The van der Waals surface area contributed by atoms with Crippen LogP contribution >= 0.6 is 0 Å². The zero-order chi connectivity index (χ0) is 18.5. The largest absolute Gasteiger partial charge is 0.446 e. The number of benzene rings is 2. The van der Waals surface area contributed by atoms with Gasteiger partial charge in [-0.05, 0) is 53.9 Å². The summed E-state index contributed by atoms with van der Waals surface area (Å²) in [5.74, 6) is 1.60. The lowest BCUT2D eigenvalue weighted by molar-refractivity contribution is 0.0126. The van der Waals surface area contributed by atoms with Crippen LogP contribution in [0, 0.1) is 17.8 Å². The number of hydrogen-bond donors (Lipinski definition) is 1. The zero-order valence-electron chi connectivity index (χ0n) is 15.9. The topological polar surface area (TPSA) is 38.3 Å². The maximum absolute atomic E-state index is 12.5. The average molecular weight is 351 g/mol. The van der Waals surface area contributed by atoms with Crippen molar-refractivity contribution in [3.8, 4) is 11.1 Å². The molecule has 0 heterocycles. The predicted molar refractivity (Wildman–Crippen MR) is 107 cm³/mol. The van der Waals surface area contributed by atoms with Crippen LogP contribution in [0.1, 0.15) is 40.0 Å². The van der Waals surface area contributed by atoms with E-state index in [0.29, 0.717) is 17.8 Å². The van der Waals surface area contributed by atoms with Gasteiger partial charge in [-0.1, -0.05) is 69.7 Å². The summed E-state index contributed by atoms with van der Waals surface area (Å²) in [4.78, 5) is 12.5. The van der Waals surface area contributed by atoms with E-state index in [2.05, 4.69) is 38.2 Å². The fourth-order valence-electron chi connectivity index (χ4n) is 3.94. The Bertz CT molecular complexity index is 726. The van der Waals surface area contributed by atoms with Crippen molar-refractivity contribution in [1.82, 2.24) is 0 Å². The van der Waals surface area contributed by atoms with Crippen molar-refractivity contribution < 1.29 is 9.53 Å². The molecule has 1 saturated carbocycles. The van der Waals surface area contributed by atoms with Gasteiger partial charge in [0.2, 0.25) is 0 Å². The Morgan fingerprint density at radius 3 is 2.50 bits per heavy atom. The Labute approximate surface area is 156 Å². The minimum atomic E-state index is -0.347. The highest BCUT2D eigenvalue weighted by molar-refractivity contribution is 5.86. The Balaban J connectivity index is 1.66. The second kappa shape index (κ2) is 8.39. The second-order valence-electron chi connectivity index (χ2n) is 7.84. The molecule has 138 valence electrons. The van der Waals surface area contributed by atoms with E-state index in [9.17, 15) is 4.79 Å². The Hall–Kier alpha value is -2.29. The second-order valence-corrected chi connectivity index (χ2v) is 7.84. The first-order chi connectivity index (χ1) is 12.5. The quantitative estimate of drug-likeness (QED) is 0.695. The molecule has 1 aliphatic rings. The van der Waals surface area contributed by atoms with Crippen LogP contribution in [-0.4, -0.2) is 12.2 Å². The molecule has 0 saturated heterocycles. The molecule has 1 N–H and O–H groups in total. The number of carbonyl (C=O) groups is 1. The molecule has 3 rings (SSSR count). The van der Waals surface area contributed by atoms with Gasteiger partial charge in [-0.15, -0.1) is 0 Å². The molecular weight excluding hydrogens is 322 g/mol. The van der Waals surface area contributed by atoms with E-state index in [1.807, 2.05) is 42.5 Å². The van der Waals surface area contributed by atoms with Crippen molar-refractivity contribution in [3.63, 3.8) is 0 Å². The van der Waals surface area contributed by atoms with Gasteiger partial charge in [-0.3, -0.25) is 5.32 Å². The summed E-state index contributed by atoms with van der Waals surface area (Å²) in [5.41, 5.74) is 2.97. The van der Waals surface area contributed by atoms with Crippen molar-refractivity contribution in [2.75, 3.05) is 5.32 Å². The number of nitrogens with one attached hydrogen (secondary N) is 1. The van der Waals surface area contributed by atoms with Crippen molar-refractivity contribution >= 4 is 11.8 Å². The van der Waals surface area contributed by atoms with Crippen molar-refractivity contribution in [2.24, 2.45) is 17.8 Å². The summed E-state index contributed by atoms with van der Waals surface area (Å²) in [6.07, 6.45) is 2.99. The fourth-order valence-corrected chi connectivity index (χ4v) is 3.94. The van der Waals surface area contributed by atoms with Crippen molar-refractivity contribution in [3.05, 3.63) is 54.6 Å². The lowest BCUT2D eigenvalue weighted by atomic mass is 9.75. The highest BCUT2D eigenvalue weighted by Gasteiger charge is 2.33. The molecule has 0 aliphatic heterocycles. The van der Waals surface area contributed by atoms with Gasteiger partial charge in [0.15, 0.2) is 0 Å². The van der Waals surface area contributed by atoms with Crippen LogP contribution in [0.5, 0.6) is 0 Å². The molecule has 2 aromatic carbocycles. The zero-order valence-corrected chi connectivity index (χ0v) is 15.9. The summed E-state index contributed by atoms with van der Waals surface area (Å²) >= 11 is 0. The summed E-state index contributed by atoms with van der Waals surface area (Å²) in [6.45, 7) is 6.69. The van der Waals surface area contributed by atoms with E-state index in [0.717, 1.165) is 29.7 Å². The number of hydrogen-bond acceptors (Lipinski definition) is 2. The molecule has 0 bridgehead atoms. The number of carbonyl (C=O) groups excluding carboxylic acids is 1. The Morgan fingerprint density at radius 2 is 1.77 bits per heavy atom. The molecule has 1 aliphatic carbocycles. The maximum atomic E-state index is 12.5. The molecule has 3 atom stereocenters. The molecule has 26 heavy (non-hydrogen) atoms.